The number of aromatic nitrogens is 2. The van der Waals surface area contributed by atoms with E-state index in [2.05, 4.69) is 16.2 Å². The molecule has 0 spiro atoms. The van der Waals surface area contributed by atoms with Gasteiger partial charge in [-0.3, -0.25) is 4.68 Å². The first-order valence-corrected chi connectivity index (χ1v) is 8.08. The molecule has 1 aliphatic heterocycles. The summed E-state index contributed by atoms with van der Waals surface area (Å²) in [4.78, 5) is 2.58. The van der Waals surface area contributed by atoms with Gasteiger partial charge in [-0.1, -0.05) is 19.3 Å². The third kappa shape index (κ3) is 3.07. The van der Waals surface area contributed by atoms with Crippen LogP contribution < -0.4 is 0 Å². The molecule has 20 heavy (non-hydrogen) atoms. The topological polar surface area (TPSA) is 41.3 Å². The van der Waals surface area contributed by atoms with Crippen molar-refractivity contribution in [2.45, 2.75) is 38.0 Å². The van der Waals surface area contributed by atoms with Gasteiger partial charge in [-0.15, -0.1) is 0 Å². The Kier molecular flexibility index (Phi) is 4.41. The third-order valence-electron chi connectivity index (χ3n) is 5.15. The average molecular weight is 277 g/mol. The van der Waals surface area contributed by atoms with Gasteiger partial charge >= 0.3 is 0 Å². The van der Waals surface area contributed by atoms with Gasteiger partial charge in [-0.2, -0.15) is 5.10 Å². The van der Waals surface area contributed by atoms with Crippen LogP contribution in [-0.4, -0.2) is 46.0 Å². The lowest BCUT2D eigenvalue weighted by molar-refractivity contribution is 0.198. The Hall–Kier alpha value is -0.870. The minimum absolute atomic E-state index is 0.292. The molecular weight excluding hydrogens is 250 g/mol. The molecule has 0 radical (unpaired) electrons. The van der Waals surface area contributed by atoms with E-state index in [-0.39, 0.29) is 0 Å². The Bertz CT molecular complexity index is 425. The minimum Gasteiger partial charge on any atom is -0.396 e. The fourth-order valence-electron chi connectivity index (χ4n) is 4.04. The Balaban J connectivity index is 1.61. The lowest BCUT2D eigenvalue weighted by Crippen LogP contribution is -2.29. The Morgan fingerprint density at radius 3 is 2.70 bits per heavy atom. The molecule has 1 aliphatic carbocycles. The highest BCUT2D eigenvalue weighted by Gasteiger charge is 2.34. The molecule has 0 amide bonds. The standard InChI is InChI=1S/C16H27N3O/c1-18-9-14(7-17-18)16-11-19(10-15(16)12-20)8-13-5-3-2-4-6-13/h7,9,13,15-16,20H,2-6,8,10-12H2,1H3/t15-,16-/m0/s1. The van der Waals surface area contributed by atoms with E-state index in [1.54, 1.807) is 0 Å². The Morgan fingerprint density at radius 1 is 1.25 bits per heavy atom. The molecule has 4 heteroatoms. The molecule has 2 aliphatic rings. The van der Waals surface area contributed by atoms with Gasteiger partial charge in [-0.25, -0.2) is 0 Å². The molecule has 4 nitrogen and oxygen atoms in total. The normalized spacial score (nSPS) is 29.1. The van der Waals surface area contributed by atoms with Gasteiger partial charge in [0.2, 0.25) is 0 Å². The summed E-state index contributed by atoms with van der Waals surface area (Å²) in [7, 11) is 1.96. The van der Waals surface area contributed by atoms with Crippen molar-refractivity contribution in [1.29, 1.82) is 0 Å². The van der Waals surface area contributed by atoms with Crippen molar-refractivity contribution < 1.29 is 5.11 Å². The third-order valence-corrected chi connectivity index (χ3v) is 5.15. The number of aliphatic hydroxyl groups is 1. The highest BCUT2D eigenvalue weighted by molar-refractivity contribution is 5.16. The number of hydrogen-bond acceptors (Lipinski definition) is 3. The molecule has 1 aromatic heterocycles. The fraction of sp³-hybridized carbons (Fsp3) is 0.812. The van der Waals surface area contributed by atoms with Crippen LogP contribution in [0, 0.1) is 11.8 Å². The summed E-state index contributed by atoms with van der Waals surface area (Å²) >= 11 is 0. The molecule has 1 aromatic rings. The van der Waals surface area contributed by atoms with Crippen LogP contribution in [0.1, 0.15) is 43.6 Å². The van der Waals surface area contributed by atoms with Crippen LogP contribution in [0.25, 0.3) is 0 Å². The van der Waals surface area contributed by atoms with Crippen LogP contribution in [0.3, 0.4) is 0 Å². The smallest absolute Gasteiger partial charge is 0.0525 e. The molecule has 1 saturated carbocycles. The zero-order valence-electron chi connectivity index (χ0n) is 12.5. The molecular formula is C16H27N3O. The van der Waals surface area contributed by atoms with Gasteiger partial charge in [-0.05, 0) is 24.3 Å². The number of aliphatic hydroxyl groups excluding tert-OH is 1. The highest BCUT2D eigenvalue weighted by Crippen LogP contribution is 2.34. The first-order chi connectivity index (χ1) is 9.76. The lowest BCUT2D eigenvalue weighted by atomic mass is 9.89. The first-order valence-electron chi connectivity index (χ1n) is 8.08. The number of rotatable bonds is 4. The summed E-state index contributed by atoms with van der Waals surface area (Å²) < 4.78 is 1.87. The number of hydrogen-bond donors (Lipinski definition) is 1. The van der Waals surface area contributed by atoms with Crippen LogP contribution in [0.5, 0.6) is 0 Å². The lowest BCUT2D eigenvalue weighted by Gasteiger charge is -2.26. The van der Waals surface area contributed by atoms with E-state index in [0.717, 1.165) is 19.0 Å². The predicted octanol–water partition coefficient (Wildman–Crippen LogP) is 2.01. The van der Waals surface area contributed by atoms with E-state index in [9.17, 15) is 5.11 Å². The van der Waals surface area contributed by atoms with Gasteiger partial charge in [0.1, 0.15) is 0 Å². The molecule has 2 heterocycles. The monoisotopic (exact) mass is 277 g/mol. The fourth-order valence-corrected chi connectivity index (χ4v) is 4.04. The maximum Gasteiger partial charge on any atom is 0.0525 e. The first kappa shape index (κ1) is 14.1. The Labute approximate surface area is 121 Å². The SMILES string of the molecule is Cn1cc([C@@H]2CN(CC3CCCCC3)C[C@H]2CO)cn1. The van der Waals surface area contributed by atoms with E-state index < -0.39 is 0 Å². The van der Waals surface area contributed by atoms with Crippen molar-refractivity contribution in [2.75, 3.05) is 26.2 Å². The molecule has 2 atom stereocenters. The summed E-state index contributed by atoms with van der Waals surface area (Å²) in [6.45, 7) is 3.66. The van der Waals surface area contributed by atoms with Crippen LogP contribution >= 0.6 is 0 Å². The molecule has 0 aromatic carbocycles. The largest absolute Gasteiger partial charge is 0.396 e. The second-order valence-corrected chi connectivity index (χ2v) is 6.72. The average Bonchev–Trinajstić information content (AvgIpc) is 3.06. The summed E-state index contributed by atoms with van der Waals surface area (Å²) in [5.74, 6) is 1.72. The number of aryl methyl sites for hydroxylation is 1. The second-order valence-electron chi connectivity index (χ2n) is 6.72. The molecule has 112 valence electrons. The zero-order valence-corrected chi connectivity index (χ0v) is 12.5. The van der Waals surface area contributed by atoms with Crippen LogP contribution in [0.15, 0.2) is 12.4 Å². The molecule has 2 fully saturated rings. The van der Waals surface area contributed by atoms with E-state index in [0.29, 0.717) is 18.4 Å². The predicted molar refractivity (Wildman–Crippen MR) is 79.5 cm³/mol. The molecule has 0 unspecified atom stereocenters. The molecule has 3 rings (SSSR count). The highest BCUT2D eigenvalue weighted by atomic mass is 16.3. The van der Waals surface area contributed by atoms with Crippen LogP contribution in [0.4, 0.5) is 0 Å². The summed E-state index contributed by atoms with van der Waals surface area (Å²) in [5, 5.41) is 14.0. The summed E-state index contributed by atoms with van der Waals surface area (Å²) in [5.41, 5.74) is 1.29. The van der Waals surface area contributed by atoms with Crippen LogP contribution in [0.2, 0.25) is 0 Å². The van der Waals surface area contributed by atoms with E-state index in [1.807, 2.05) is 17.9 Å². The van der Waals surface area contributed by atoms with Gasteiger partial charge in [0.05, 0.1) is 6.20 Å². The van der Waals surface area contributed by atoms with Crippen molar-refractivity contribution in [3.63, 3.8) is 0 Å². The maximum absolute atomic E-state index is 9.67. The maximum atomic E-state index is 9.67. The van der Waals surface area contributed by atoms with Crippen LogP contribution in [-0.2, 0) is 7.05 Å². The molecule has 1 N–H and O–H groups in total. The van der Waals surface area contributed by atoms with E-state index in [4.69, 9.17) is 0 Å². The van der Waals surface area contributed by atoms with Crippen molar-refractivity contribution in [3.8, 4) is 0 Å². The molecule has 1 saturated heterocycles. The zero-order chi connectivity index (χ0) is 13.9. The summed E-state index contributed by atoms with van der Waals surface area (Å²) in [6.07, 6.45) is 11.1. The summed E-state index contributed by atoms with van der Waals surface area (Å²) in [6, 6.07) is 0. The number of likely N-dealkylation sites (tertiary alicyclic amines) is 1. The number of nitrogens with zero attached hydrogens (tertiary/aromatic N) is 3. The second kappa shape index (κ2) is 6.27. The Morgan fingerprint density at radius 2 is 2.05 bits per heavy atom. The quantitative estimate of drug-likeness (QED) is 0.915. The van der Waals surface area contributed by atoms with Gasteiger partial charge in [0.15, 0.2) is 0 Å². The molecule has 0 bridgehead atoms. The minimum atomic E-state index is 0.292. The van der Waals surface area contributed by atoms with Crippen molar-refractivity contribution in [2.24, 2.45) is 18.9 Å². The van der Waals surface area contributed by atoms with Crippen molar-refractivity contribution >= 4 is 0 Å². The van der Waals surface area contributed by atoms with E-state index in [1.165, 1.54) is 44.2 Å². The van der Waals surface area contributed by atoms with Gasteiger partial charge < -0.3 is 10.0 Å². The van der Waals surface area contributed by atoms with Gasteiger partial charge in [0.25, 0.3) is 0 Å². The van der Waals surface area contributed by atoms with Crippen molar-refractivity contribution in [3.05, 3.63) is 18.0 Å². The van der Waals surface area contributed by atoms with Crippen molar-refractivity contribution in [1.82, 2.24) is 14.7 Å². The van der Waals surface area contributed by atoms with E-state index >= 15 is 0 Å². The van der Waals surface area contributed by atoms with Gasteiger partial charge in [0, 0.05) is 51.3 Å².